The number of guanidine groups is 1. The molecule has 0 radical (unpaired) electrons. The van der Waals surface area contributed by atoms with Crippen molar-refractivity contribution < 1.29 is 29.4 Å². The highest BCUT2D eigenvalue weighted by molar-refractivity contribution is 7.98. The first kappa shape index (κ1) is 30.5. The van der Waals surface area contributed by atoms with Crippen LogP contribution in [0.4, 0.5) is 0 Å². The highest BCUT2D eigenvalue weighted by atomic mass is 32.2. The minimum absolute atomic E-state index is 0.0873. The van der Waals surface area contributed by atoms with Crippen LogP contribution in [0, 0.1) is 0 Å². The number of hydrogen-bond donors (Lipinski definition) is 8. The van der Waals surface area contributed by atoms with E-state index in [-0.39, 0.29) is 37.5 Å². The van der Waals surface area contributed by atoms with Gasteiger partial charge in [0.15, 0.2) is 5.96 Å². The Morgan fingerprint density at radius 2 is 1.69 bits per heavy atom. The number of nitrogens with zero attached hydrogens (tertiary/aromatic N) is 1. The zero-order valence-electron chi connectivity index (χ0n) is 20.1. The number of nitrogens with two attached hydrogens (primary N) is 3. The van der Waals surface area contributed by atoms with E-state index in [0.29, 0.717) is 12.2 Å². The Bertz CT molecular complexity index is 909. The number of carbonyl (C=O) groups excluding carboxylic acids is 3. The van der Waals surface area contributed by atoms with Gasteiger partial charge in [0.2, 0.25) is 17.7 Å². The van der Waals surface area contributed by atoms with Crippen molar-refractivity contribution in [1.82, 2.24) is 16.0 Å². The van der Waals surface area contributed by atoms with Gasteiger partial charge in [-0.05, 0) is 55.4 Å². The van der Waals surface area contributed by atoms with Crippen LogP contribution in [0.15, 0.2) is 29.3 Å². The fourth-order valence-corrected chi connectivity index (χ4v) is 3.53. The molecule has 0 aliphatic carbocycles. The van der Waals surface area contributed by atoms with Crippen molar-refractivity contribution in [2.75, 3.05) is 25.1 Å². The highest BCUT2D eigenvalue weighted by Gasteiger charge is 2.26. The molecule has 3 amide bonds. The molecular formula is C22H35N7O6S. The number of rotatable bonds is 16. The van der Waals surface area contributed by atoms with Gasteiger partial charge in [0.1, 0.15) is 17.8 Å². The molecule has 13 nitrogen and oxygen atoms in total. The van der Waals surface area contributed by atoms with Crippen LogP contribution in [0.1, 0.15) is 24.8 Å². The fraction of sp³-hybridized carbons (Fsp3) is 0.500. The van der Waals surface area contributed by atoms with E-state index >= 15 is 0 Å². The molecule has 0 aliphatic rings. The molecule has 36 heavy (non-hydrogen) atoms. The highest BCUT2D eigenvalue weighted by Crippen LogP contribution is 2.11. The topological polar surface area (TPSA) is 235 Å². The van der Waals surface area contributed by atoms with Crippen molar-refractivity contribution in [2.24, 2.45) is 22.2 Å². The van der Waals surface area contributed by atoms with Crippen molar-refractivity contribution in [3.63, 3.8) is 0 Å². The number of phenols is 1. The maximum atomic E-state index is 12.8. The quantitative estimate of drug-likeness (QED) is 0.0687. The van der Waals surface area contributed by atoms with E-state index in [4.69, 9.17) is 17.2 Å². The summed E-state index contributed by atoms with van der Waals surface area (Å²) >= 11 is 1.44. The van der Waals surface area contributed by atoms with Gasteiger partial charge in [-0.3, -0.25) is 19.4 Å². The third-order valence-electron chi connectivity index (χ3n) is 4.97. The van der Waals surface area contributed by atoms with E-state index in [1.807, 2.05) is 6.26 Å². The molecule has 3 unspecified atom stereocenters. The monoisotopic (exact) mass is 525 g/mol. The summed E-state index contributed by atoms with van der Waals surface area (Å²) in [5, 5.41) is 26.1. The van der Waals surface area contributed by atoms with Gasteiger partial charge >= 0.3 is 5.97 Å². The summed E-state index contributed by atoms with van der Waals surface area (Å²) in [5.74, 6) is -2.59. The maximum absolute atomic E-state index is 12.8. The van der Waals surface area contributed by atoms with Gasteiger partial charge in [-0.25, -0.2) is 4.79 Å². The summed E-state index contributed by atoms with van der Waals surface area (Å²) < 4.78 is 0. The second kappa shape index (κ2) is 16.2. The number of nitrogens with one attached hydrogen (secondary N) is 3. The lowest BCUT2D eigenvalue weighted by atomic mass is 10.1. The van der Waals surface area contributed by atoms with Crippen LogP contribution in [-0.4, -0.2) is 83.1 Å². The predicted octanol–water partition coefficient (Wildman–Crippen LogP) is -1.76. The molecule has 0 spiro atoms. The lowest BCUT2D eigenvalue weighted by Crippen LogP contribution is -2.54. The smallest absolute Gasteiger partial charge is 0.326 e. The van der Waals surface area contributed by atoms with Crippen LogP contribution in [0.25, 0.3) is 0 Å². The molecule has 3 atom stereocenters. The molecule has 0 saturated carbocycles. The van der Waals surface area contributed by atoms with Crippen molar-refractivity contribution in [3.8, 4) is 5.75 Å². The van der Waals surface area contributed by atoms with Gasteiger partial charge in [-0.1, -0.05) is 12.1 Å². The van der Waals surface area contributed by atoms with Gasteiger partial charge < -0.3 is 43.4 Å². The Morgan fingerprint density at radius 1 is 1.03 bits per heavy atom. The average Bonchev–Trinajstić information content (AvgIpc) is 2.82. The number of thioether (sulfide) groups is 1. The van der Waals surface area contributed by atoms with Gasteiger partial charge in [0.05, 0.1) is 12.6 Å². The summed E-state index contributed by atoms with van der Waals surface area (Å²) in [6.45, 7) is -0.228. The van der Waals surface area contributed by atoms with Gasteiger partial charge in [0.25, 0.3) is 0 Å². The average molecular weight is 526 g/mol. The van der Waals surface area contributed by atoms with Crippen LogP contribution >= 0.6 is 11.8 Å². The van der Waals surface area contributed by atoms with Gasteiger partial charge in [0, 0.05) is 6.54 Å². The zero-order chi connectivity index (χ0) is 27.1. The van der Waals surface area contributed by atoms with Crippen LogP contribution < -0.4 is 33.2 Å². The minimum Gasteiger partial charge on any atom is -0.508 e. The normalized spacial score (nSPS) is 13.1. The largest absolute Gasteiger partial charge is 0.508 e. The number of aromatic hydroxyl groups is 1. The Labute approximate surface area is 213 Å². The Kier molecular flexibility index (Phi) is 13.7. The number of carboxylic acids is 1. The zero-order valence-corrected chi connectivity index (χ0v) is 20.9. The van der Waals surface area contributed by atoms with E-state index < -0.39 is 48.4 Å². The van der Waals surface area contributed by atoms with E-state index in [1.165, 1.54) is 23.9 Å². The minimum atomic E-state index is -1.18. The molecular weight excluding hydrogens is 490 g/mol. The van der Waals surface area contributed by atoms with Crippen LogP contribution in [0.2, 0.25) is 0 Å². The first-order valence-electron chi connectivity index (χ1n) is 11.2. The molecule has 0 saturated heterocycles. The standard InChI is InChI=1S/C22H35N7O6S/c1-36-10-8-17(21(34)35)29-20(33)16(3-2-9-26-22(24)25)28-18(31)12-27-19(32)15(23)11-13-4-6-14(30)7-5-13/h4-7,15-17,30H,2-3,8-12,23H2,1H3,(H,27,32)(H,28,31)(H,29,33)(H,34,35)(H4,24,25,26). The van der Waals surface area contributed by atoms with E-state index in [9.17, 15) is 29.4 Å². The van der Waals surface area contributed by atoms with E-state index in [1.54, 1.807) is 12.1 Å². The first-order chi connectivity index (χ1) is 17.0. The molecule has 0 bridgehead atoms. The third kappa shape index (κ3) is 12.3. The molecule has 0 aromatic heterocycles. The van der Waals surface area contributed by atoms with E-state index in [0.717, 1.165) is 5.56 Å². The van der Waals surface area contributed by atoms with Crippen molar-refractivity contribution in [2.45, 2.75) is 43.8 Å². The summed E-state index contributed by atoms with van der Waals surface area (Å²) in [4.78, 5) is 52.8. The lowest BCUT2D eigenvalue weighted by molar-refractivity contribution is -0.142. The number of aliphatic carboxylic acids is 1. The molecule has 14 heteroatoms. The summed E-state index contributed by atoms with van der Waals surface area (Å²) in [5.41, 5.74) is 17.2. The number of carbonyl (C=O) groups is 4. The van der Waals surface area contributed by atoms with Crippen LogP contribution in [0.5, 0.6) is 5.75 Å². The fourth-order valence-electron chi connectivity index (χ4n) is 3.06. The molecule has 200 valence electrons. The number of hydrogen-bond acceptors (Lipinski definition) is 8. The molecule has 1 aromatic carbocycles. The second-order valence-electron chi connectivity index (χ2n) is 7.94. The SMILES string of the molecule is CSCCC(NC(=O)C(CCCN=C(N)N)NC(=O)CNC(=O)C(N)Cc1ccc(O)cc1)C(=O)O. The second-order valence-corrected chi connectivity index (χ2v) is 8.93. The molecule has 1 aromatic rings. The summed E-state index contributed by atoms with van der Waals surface area (Å²) in [6, 6.07) is 3.09. The third-order valence-corrected chi connectivity index (χ3v) is 5.62. The summed E-state index contributed by atoms with van der Waals surface area (Å²) in [7, 11) is 0. The summed E-state index contributed by atoms with van der Waals surface area (Å²) in [6.07, 6.45) is 2.70. The van der Waals surface area contributed by atoms with Gasteiger partial charge in [-0.2, -0.15) is 11.8 Å². The number of benzene rings is 1. The Balaban J connectivity index is 2.70. The molecule has 1 rings (SSSR count). The number of phenolic OH excluding ortho intramolecular Hbond substituents is 1. The Morgan fingerprint density at radius 3 is 2.28 bits per heavy atom. The predicted molar refractivity (Wildman–Crippen MR) is 137 cm³/mol. The maximum Gasteiger partial charge on any atom is 0.326 e. The molecule has 0 heterocycles. The molecule has 0 aliphatic heterocycles. The first-order valence-corrected chi connectivity index (χ1v) is 12.6. The van der Waals surface area contributed by atoms with Crippen molar-refractivity contribution in [3.05, 3.63) is 29.8 Å². The molecule has 0 fully saturated rings. The molecule has 11 N–H and O–H groups in total. The van der Waals surface area contributed by atoms with Crippen molar-refractivity contribution in [1.29, 1.82) is 0 Å². The van der Waals surface area contributed by atoms with Crippen LogP contribution in [0.3, 0.4) is 0 Å². The van der Waals surface area contributed by atoms with Crippen LogP contribution in [-0.2, 0) is 25.6 Å². The van der Waals surface area contributed by atoms with E-state index in [2.05, 4.69) is 20.9 Å². The lowest BCUT2D eigenvalue weighted by Gasteiger charge is -2.21. The van der Waals surface area contributed by atoms with Gasteiger partial charge in [-0.15, -0.1) is 0 Å². The van der Waals surface area contributed by atoms with Crippen molar-refractivity contribution >= 4 is 41.4 Å². The number of amides is 3. The number of aliphatic imine (C=N–C) groups is 1. The Hall–Kier alpha value is -3.52. The number of carboxylic acid groups (broad SMARTS) is 1.